The topological polar surface area (TPSA) is 82.0 Å². The van der Waals surface area contributed by atoms with Crippen molar-refractivity contribution in [1.82, 2.24) is 4.98 Å². The summed E-state index contributed by atoms with van der Waals surface area (Å²) >= 11 is 1.55. The molecule has 0 saturated carbocycles. The highest BCUT2D eigenvalue weighted by Gasteiger charge is 2.07. The van der Waals surface area contributed by atoms with Crippen LogP contribution in [0.3, 0.4) is 0 Å². The molecule has 0 fully saturated rings. The smallest absolute Gasteiger partial charge is 0.269 e. The molecule has 1 heterocycles. The van der Waals surface area contributed by atoms with E-state index in [-0.39, 0.29) is 18.1 Å². The number of nitro groups is 1. The molecule has 0 bridgehead atoms. The van der Waals surface area contributed by atoms with Gasteiger partial charge in [-0.3, -0.25) is 10.1 Å². The van der Waals surface area contributed by atoms with Crippen LogP contribution in [-0.4, -0.2) is 16.5 Å². The van der Waals surface area contributed by atoms with Gasteiger partial charge in [0.05, 0.1) is 15.6 Å². The van der Waals surface area contributed by atoms with E-state index in [0.717, 1.165) is 22.7 Å². The number of nitrogens with two attached hydrogens (primary N) is 1. The van der Waals surface area contributed by atoms with Gasteiger partial charge < -0.3 is 5.73 Å². The monoisotopic (exact) mass is 285 g/mol. The molecule has 96 valence electrons. The van der Waals surface area contributed by atoms with Gasteiger partial charge in [0.2, 0.25) is 0 Å². The van der Waals surface area contributed by atoms with Crippen LogP contribution in [0.5, 0.6) is 0 Å². The van der Waals surface area contributed by atoms with Crippen LogP contribution in [0.25, 0.3) is 11.3 Å². The molecule has 0 spiro atoms. The predicted octanol–water partition coefficient (Wildman–Crippen LogP) is 2.64. The summed E-state index contributed by atoms with van der Waals surface area (Å²) in [6.07, 6.45) is 0.762. The highest BCUT2D eigenvalue weighted by atomic mass is 35.5. The Morgan fingerprint density at radius 3 is 2.56 bits per heavy atom. The summed E-state index contributed by atoms with van der Waals surface area (Å²) in [6.45, 7) is 0.577. The van der Waals surface area contributed by atoms with Crippen molar-refractivity contribution in [3.63, 3.8) is 0 Å². The number of non-ortho nitro benzene ring substituents is 1. The molecule has 2 N–H and O–H groups in total. The summed E-state index contributed by atoms with van der Waals surface area (Å²) in [6, 6.07) is 6.38. The number of nitrogens with zero attached hydrogens (tertiary/aromatic N) is 2. The normalized spacial score (nSPS) is 9.83. The molecule has 5 nitrogen and oxygen atoms in total. The molecule has 2 aromatic rings. The first-order valence-corrected chi connectivity index (χ1v) is 5.98. The lowest BCUT2D eigenvalue weighted by atomic mass is 10.1. The SMILES string of the molecule is Cl.NCCc1nc(-c2ccc([N+](=O)[O-])cc2)cs1. The quantitative estimate of drug-likeness (QED) is 0.691. The maximum absolute atomic E-state index is 10.5. The van der Waals surface area contributed by atoms with E-state index >= 15 is 0 Å². The molecule has 0 aliphatic carbocycles. The third-order valence-electron chi connectivity index (χ3n) is 2.28. The van der Waals surface area contributed by atoms with Crippen LogP contribution >= 0.6 is 23.7 Å². The van der Waals surface area contributed by atoms with E-state index in [2.05, 4.69) is 4.98 Å². The molecule has 2 rings (SSSR count). The zero-order valence-corrected chi connectivity index (χ0v) is 11.0. The zero-order valence-electron chi connectivity index (χ0n) is 9.41. The van der Waals surface area contributed by atoms with E-state index in [1.807, 2.05) is 5.38 Å². The number of thiazole rings is 1. The Kier molecular flexibility index (Phi) is 5.21. The minimum absolute atomic E-state index is 0. The second kappa shape index (κ2) is 6.44. The molecule has 0 radical (unpaired) electrons. The lowest BCUT2D eigenvalue weighted by Gasteiger charge is -1.96. The summed E-state index contributed by atoms with van der Waals surface area (Å²) in [5.41, 5.74) is 7.27. The minimum Gasteiger partial charge on any atom is -0.330 e. The molecule has 0 atom stereocenters. The highest BCUT2D eigenvalue weighted by Crippen LogP contribution is 2.24. The van der Waals surface area contributed by atoms with Crippen LogP contribution in [0.2, 0.25) is 0 Å². The number of rotatable bonds is 4. The standard InChI is InChI=1S/C11H11N3O2S.ClH/c12-6-5-11-13-10(7-17-11)8-1-3-9(4-2-8)14(15)16;/h1-4,7H,5-6,12H2;1H. The van der Waals surface area contributed by atoms with Crippen molar-refractivity contribution in [3.8, 4) is 11.3 Å². The lowest BCUT2D eigenvalue weighted by molar-refractivity contribution is -0.384. The minimum atomic E-state index is -0.412. The van der Waals surface area contributed by atoms with E-state index in [4.69, 9.17) is 5.73 Å². The third kappa shape index (κ3) is 3.25. The van der Waals surface area contributed by atoms with E-state index in [9.17, 15) is 10.1 Å². The van der Waals surface area contributed by atoms with Gasteiger partial charge in [0, 0.05) is 29.5 Å². The van der Waals surface area contributed by atoms with Gasteiger partial charge in [-0.05, 0) is 18.7 Å². The average molecular weight is 286 g/mol. The first-order valence-electron chi connectivity index (χ1n) is 5.10. The Labute approximate surface area is 114 Å². The molecule has 0 unspecified atom stereocenters. The summed E-state index contributed by atoms with van der Waals surface area (Å²) in [5.74, 6) is 0. The Balaban J connectivity index is 0.00000162. The van der Waals surface area contributed by atoms with Gasteiger partial charge >= 0.3 is 0 Å². The van der Waals surface area contributed by atoms with Crippen molar-refractivity contribution in [1.29, 1.82) is 0 Å². The van der Waals surface area contributed by atoms with Crippen LogP contribution < -0.4 is 5.73 Å². The van der Waals surface area contributed by atoms with Crippen LogP contribution in [0, 0.1) is 10.1 Å². The maximum Gasteiger partial charge on any atom is 0.269 e. The number of hydrogen-bond donors (Lipinski definition) is 1. The fourth-order valence-corrected chi connectivity index (χ4v) is 2.26. The molecular weight excluding hydrogens is 274 g/mol. The average Bonchev–Trinajstić information content (AvgIpc) is 2.78. The Bertz CT molecular complexity index is 527. The number of halogens is 1. The van der Waals surface area contributed by atoms with Gasteiger partial charge in [0.15, 0.2) is 0 Å². The zero-order chi connectivity index (χ0) is 12.3. The molecule has 7 heteroatoms. The van der Waals surface area contributed by atoms with Gasteiger partial charge in [-0.25, -0.2) is 4.98 Å². The Hall–Kier alpha value is -1.50. The van der Waals surface area contributed by atoms with Gasteiger partial charge in [-0.2, -0.15) is 0 Å². The van der Waals surface area contributed by atoms with E-state index in [1.54, 1.807) is 23.5 Å². The maximum atomic E-state index is 10.5. The summed E-state index contributed by atoms with van der Waals surface area (Å²) in [4.78, 5) is 14.5. The first kappa shape index (κ1) is 14.6. The number of benzene rings is 1. The lowest BCUT2D eigenvalue weighted by Crippen LogP contribution is -2.01. The molecule has 1 aromatic carbocycles. The molecule has 18 heavy (non-hydrogen) atoms. The van der Waals surface area contributed by atoms with Gasteiger partial charge in [0.25, 0.3) is 5.69 Å². The van der Waals surface area contributed by atoms with Crippen LogP contribution in [-0.2, 0) is 6.42 Å². The van der Waals surface area contributed by atoms with Crippen LogP contribution in [0.4, 0.5) is 5.69 Å². The van der Waals surface area contributed by atoms with Crippen LogP contribution in [0.15, 0.2) is 29.6 Å². The van der Waals surface area contributed by atoms with Gasteiger partial charge in [0.1, 0.15) is 0 Å². The Morgan fingerprint density at radius 2 is 2.00 bits per heavy atom. The molecule has 0 amide bonds. The second-order valence-electron chi connectivity index (χ2n) is 3.47. The third-order valence-corrected chi connectivity index (χ3v) is 3.19. The molecule has 1 aromatic heterocycles. The molecule has 0 saturated heterocycles. The predicted molar refractivity (Wildman–Crippen MR) is 74.2 cm³/mol. The number of nitro benzene ring substituents is 1. The molecule has 0 aliphatic heterocycles. The van der Waals surface area contributed by atoms with Crippen molar-refractivity contribution in [2.45, 2.75) is 6.42 Å². The van der Waals surface area contributed by atoms with E-state index in [0.29, 0.717) is 6.54 Å². The van der Waals surface area contributed by atoms with Crippen molar-refractivity contribution >= 4 is 29.4 Å². The van der Waals surface area contributed by atoms with E-state index in [1.165, 1.54) is 12.1 Å². The first-order chi connectivity index (χ1) is 8.20. The van der Waals surface area contributed by atoms with Crippen molar-refractivity contribution in [2.75, 3.05) is 6.54 Å². The number of aromatic nitrogens is 1. The van der Waals surface area contributed by atoms with Crippen molar-refractivity contribution < 1.29 is 4.92 Å². The second-order valence-corrected chi connectivity index (χ2v) is 4.41. The van der Waals surface area contributed by atoms with Crippen LogP contribution in [0.1, 0.15) is 5.01 Å². The fraction of sp³-hybridized carbons (Fsp3) is 0.182. The van der Waals surface area contributed by atoms with E-state index < -0.39 is 4.92 Å². The highest BCUT2D eigenvalue weighted by molar-refractivity contribution is 7.09. The summed E-state index contributed by atoms with van der Waals surface area (Å²) in [7, 11) is 0. The largest absolute Gasteiger partial charge is 0.330 e. The van der Waals surface area contributed by atoms with Gasteiger partial charge in [-0.1, -0.05) is 0 Å². The van der Waals surface area contributed by atoms with Gasteiger partial charge in [-0.15, -0.1) is 23.7 Å². The number of hydrogen-bond acceptors (Lipinski definition) is 5. The molecule has 0 aliphatic rings. The Morgan fingerprint density at radius 1 is 1.33 bits per heavy atom. The summed E-state index contributed by atoms with van der Waals surface area (Å²) < 4.78 is 0. The van der Waals surface area contributed by atoms with Crippen molar-refractivity contribution in [3.05, 3.63) is 44.8 Å². The summed E-state index contributed by atoms with van der Waals surface area (Å²) in [5, 5.41) is 13.4. The van der Waals surface area contributed by atoms with Crippen molar-refractivity contribution in [2.24, 2.45) is 5.73 Å². The fourth-order valence-electron chi connectivity index (χ4n) is 1.44. The molecular formula is C11H12ClN3O2S.